The number of carboxylic acids is 1. The average molecular weight is 248 g/mol. The first-order valence-electron chi connectivity index (χ1n) is 4.84. The summed E-state index contributed by atoms with van der Waals surface area (Å²) in [5, 5.41) is 8.69. The monoisotopic (exact) mass is 248 g/mol. The third-order valence-electron chi connectivity index (χ3n) is 3.12. The summed E-state index contributed by atoms with van der Waals surface area (Å²) < 4.78 is 51.5. The molecule has 1 unspecified atom stereocenters. The number of benzene rings is 1. The number of carbonyl (C=O) groups is 1. The van der Waals surface area contributed by atoms with Gasteiger partial charge in [-0.05, 0) is 24.1 Å². The van der Waals surface area contributed by atoms with E-state index in [4.69, 9.17) is 5.11 Å². The summed E-state index contributed by atoms with van der Waals surface area (Å²) in [5.74, 6) is -3.61. The van der Waals surface area contributed by atoms with Crippen LogP contribution in [0.25, 0.3) is 0 Å². The van der Waals surface area contributed by atoms with Crippen molar-refractivity contribution in [2.45, 2.75) is 18.0 Å². The standard InChI is InChI=1S/C11H8F4O2/c12-7-3-1-6(2-4-7)10(11(13,14)15)5-8(10)9(16)17/h1-4,8H,5H2,(H,16,17)/t8?,10-/m1/s1. The van der Waals surface area contributed by atoms with Crippen LogP contribution in [0, 0.1) is 11.7 Å². The van der Waals surface area contributed by atoms with Crippen molar-refractivity contribution in [3.63, 3.8) is 0 Å². The lowest BCUT2D eigenvalue weighted by atomic mass is 9.92. The Kier molecular flexibility index (Phi) is 2.41. The number of rotatable bonds is 2. The van der Waals surface area contributed by atoms with Crippen LogP contribution in [0.3, 0.4) is 0 Å². The van der Waals surface area contributed by atoms with Crippen LogP contribution in [-0.4, -0.2) is 17.3 Å². The van der Waals surface area contributed by atoms with Gasteiger partial charge in [0.25, 0.3) is 0 Å². The molecule has 1 fully saturated rings. The molecule has 17 heavy (non-hydrogen) atoms. The predicted octanol–water partition coefficient (Wildman–Crippen LogP) is 2.73. The summed E-state index contributed by atoms with van der Waals surface area (Å²) in [4.78, 5) is 10.7. The number of hydrogen-bond acceptors (Lipinski definition) is 1. The Morgan fingerprint density at radius 3 is 2.18 bits per heavy atom. The van der Waals surface area contributed by atoms with Gasteiger partial charge in [-0.15, -0.1) is 0 Å². The number of alkyl halides is 3. The normalized spacial score (nSPS) is 27.9. The lowest BCUT2D eigenvalue weighted by molar-refractivity contribution is -0.170. The van der Waals surface area contributed by atoms with E-state index < -0.39 is 35.7 Å². The molecule has 1 N–H and O–H groups in total. The number of hydrogen-bond donors (Lipinski definition) is 1. The zero-order chi connectivity index (χ0) is 12.8. The summed E-state index contributed by atoms with van der Waals surface area (Å²) in [7, 11) is 0. The first-order chi connectivity index (χ1) is 7.79. The van der Waals surface area contributed by atoms with Gasteiger partial charge in [-0.25, -0.2) is 4.39 Å². The highest BCUT2D eigenvalue weighted by Gasteiger charge is 2.74. The summed E-state index contributed by atoms with van der Waals surface area (Å²) in [6.45, 7) is 0. The molecule has 0 aliphatic heterocycles. The SMILES string of the molecule is O=C(O)C1C[C@]1(c1ccc(F)cc1)C(F)(F)F. The molecule has 6 heteroatoms. The fourth-order valence-electron chi connectivity index (χ4n) is 2.10. The summed E-state index contributed by atoms with van der Waals surface area (Å²) in [6.07, 6.45) is -5.13. The smallest absolute Gasteiger partial charge is 0.399 e. The topological polar surface area (TPSA) is 37.3 Å². The van der Waals surface area contributed by atoms with Gasteiger partial charge in [0.1, 0.15) is 11.2 Å². The Balaban J connectivity index is 2.44. The molecular formula is C11H8F4O2. The molecule has 1 aliphatic carbocycles. The zero-order valence-corrected chi connectivity index (χ0v) is 8.46. The minimum atomic E-state index is -4.64. The van der Waals surface area contributed by atoms with E-state index in [0.717, 1.165) is 24.3 Å². The van der Waals surface area contributed by atoms with Crippen LogP contribution in [0.2, 0.25) is 0 Å². The van der Waals surface area contributed by atoms with Gasteiger partial charge in [0.15, 0.2) is 0 Å². The molecule has 1 aliphatic rings. The Morgan fingerprint density at radius 1 is 1.29 bits per heavy atom. The average Bonchev–Trinajstić information content (AvgIpc) is 2.94. The molecule has 2 nitrogen and oxygen atoms in total. The molecule has 0 amide bonds. The van der Waals surface area contributed by atoms with Gasteiger partial charge in [-0.1, -0.05) is 12.1 Å². The van der Waals surface area contributed by atoms with E-state index in [1.165, 1.54) is 0 Å². The molecule has 2 rings (SSSR count). The molecule has 0 radical (unpaired) electrons. The highest BCUT2D eigenvalue weighted by atomic mass is 19.4. The van der Waals surface area contributed by atoms with Crippen LogP contribution in [0.1, 0.15) is 12.0 Å². The molecule has 2 atom stereocenters. The van der Waals surface area contributed by atoms with Crippen molar-refractivity contribution < 1.29 is 27.5 Å². The van der Waals surface area contributed by atoms with Crippen molar-refractivity contribution in [2.75, 3.05) is 0 Å². The highest BCUT2D eigenvalue weighted by molar-refractivity contribution is 5.77. The van der Waals surface area contributed by atoms with E-state index in [0.29, 0.717) is 0 Å². The van der Waals surface area contributed by atoms with Crippen LogP contribution in [0.15, 0.2) is 24.3 Å². The van der Waals surface area contributed by atoms with Crippen molar-refractivity contribution in [1.82, 2.24) is 0 Å². The molecule has 92 valence electrons. The van der Waals surface area contributed by atoms with E-state index >= 15 is 0 Å². The highest BCUT2D eigenvalue weighted by Crippen LogP contribution is 2.63. The Morgan fingerprint density at radius 2 is 1.82 bits per heavy atom. The molecule has 0 aromatic heterocycles. The van der Waals surface area contributed by atoms with Crippen LogP contribution in [-0.2, 0) is 10.2 Å². The van der Waals surface area contributed by atoms with Crippen LogP contribution in [0.5, 0.6) is 0 Å². The fraction of sp³-hybridized carbons (Fsp3) is 0.364. The molecule has 1 aromatic carbocycles. The van der Waals surface area contributed by atoms with E-state index in [-0.39, 0.29) is 5.56 Å². The molecule has 0 spiro atoms. The second kappa shape index (κ2) is 3.45. The van der Waals surface area contributed by atoms with Crippen molar-refractivity contribution in [3.05, 3.63) is 35.6 Å². The Hall–Kier alpha value is -1.59. The second-order valence-electron chi connectivity index (χ2n) is 4.07. The maximum Gasteiger partial charge on any atom is 0.399 e. The Bertz CT molecular complexity index is 452. The maximum atomic E-state index is 12.9. The fourth-order valence-corrected chi connectivity index (χ4v) is 2.10. The summed E-state index contributed by atoms with van der Waals surface area (Å²) in [5.41, 5.74) is -2.55. The summed E-state index contributed by atoms with van der Waals surface area (Å²) >= 11 is 0. The molecule has 0 bridgehead atoms. The van der Waals surface area contributed by atoms with Gasteiger partial charge < -0.3 is 5.11 Å². The molecular weight excluding hydrogens is 240 g/mol. The quantitative estimate of drug-likeness (QED) is 0.817. The van der Waals surface area contributed by atoms with Gasteiger partial charge in [-0.3, -0.25) is 4.79 Å². The first kappa shape index (κ1) is 11.9. The van der Waals surface area contributed by atoms with Crippen LogP contribution >= 0.6 is 0 Å². The van der Waals surface area contributed by atoms with Crippen molar-refractivity contribution in [3.8, 4) is 0 Å². The van der Waals surface area contributed by atoms with Gasteiger partial charge in [0.2, 0.25) is 0 Å². The van der Waals surface area contributed by atoms with Crippen LogP contribution in [0.4, 0.5) is 17.6 Å². The molecule has 0 heterocycles. The number of carboxylic acid groups (broad SMARTS) is 1. The van der Waals surface area contributed by atoms with Gasteiger partial charge in [0, 0.05) is 0 Å². The minimum absolute atomic E-state index is 0.196. The second-order valence-corrected chi connectivity index (χ2v) is 4.07. The number of halogens is 4. The molecule has 1 saturated carbocycles. The molecule has 1 aromatic rings. The van der Waals surface area contributed by atoms with E-state index in [2.05, 4.69) is 0 Å². The largest absolute Gasteiger partial charge is 0.481 e. The lowest BCUT2D eigenvalue weighted by Gasteiger charge is -2.20. The van der Waals surface area contributed by atoms with Gasteiger partial charge in [0.05, 0.1) is 5.92 Å². The van der Waals surface area contributed by atoms with Crippen LogP contribution < -0.4 is 0 Å². The minimum Gasteiger partial charge on any atom is -0.481 e. The van der Waals surface area contributed by atoms with Crippen molar-refractivity contribution in [1.29, 1.82) is 0 Å². The molecule has 0 saturated heterocycles. The van der Waals surface area contributed by atoms with E-state index in [1.54, 1.807) is 0 Å². The first-order valence-corrected chi connectivity index (χ1v) is 4.84. The van der Waals surface area contributed by atoms with E-state index in [1.807, 2.05) is 0 Å². The third-order valence-corrected chi connectivity index (χ3v) is 3.12. The lowest BCUT2D eigenvalue weighted by Crippen LogP contribution is -2.32. The van der Waals surface area contributed by atoms with Gasteiger partial charge in [-0.2, -0.15) is 13.2 Å². The summed E-state index contributed by atoms with van der Waals surface area (Å²) in [6, 6.07) is 3.79. The van der Waals surface area contributed by atoms with Crippen molar-refractivity contribution in [2.24, 2.45) is 5.92 Å². The van der Waals surface area contributed by atoms with Gasteiger partial charge >= 0.3 is 12.1 Å². The Labute approximate surface area is 93.9 Å². The predicted molar refractivity (Wildman–Crippen MR) is 49.9 cm³/mol. The maximum absolute atomic E-state index is 12.9. The number of aliphatic carboxylic acids is 1. The van der Waals surface area contributed by atoms with E-state index in [9.17, 15) is 22.4 Å². The third kappa shape index (κ3) is 1.67. The zero-order valence-electron chi connectivity index (χ0n) is 8.46. The van der Waals surface area contributed by atoms with Crippen molar-refractivity contribution >= 4 is 5.97 Å².